The minimum Gasteiger partial charge on any atom is -0.496 e. The predicted molar refractivity (Wildman–Crippen MR) is 107 cm³/mol. The van der Waals surface area contributed by atoms with Crippen LogP contribution in [0.25, 0.3) is 0 Å². The molecule has 2 N–H and O–H groups in total. The van der Waals surface area contributed by atoms with Crippen LogP contribution in [0.4, 0.5) is 0 Å². The average molecular weight is 375 g/mol. The van der Waals surface area contributed by atoms with Gasteiger partial charge >= 0.3 is 0 Å². The smallest absolute Gasteiger partial charge is 0.225 e. The van der Waals surface area contributed by atoms with Crippen molar-refractivity contribution in [1.82, 2.24) is 4.90 Å². The number of nitrogens with two attached hydrogens (primary N) is 1. The summed E-state index contributed by atoms with van der Waals surface area (Å²) in [5.74, 6) is 1.78. The molecule has 1 heterocycles. The van der Waals surface area contributed by atoms with Gasteiger partial charge in [0.2, 0.25) is 5.91 Å². The zero-order valence-corrected chi connectivity index (χ0v) is 16.7. The molecule has 0 radical (unpaired) electrons. The number of nitrogens with zero attached hydrogens (tertiary/aromatic N) is 1. The Morgan fingerprint density at radius 2 is 1.93 bits per heavy atom. The quantitative estimate of drug-likeness (QED) is 0.829. The summed E-state index contributed by atoms with van der Waals surface area (Å²) in [5.41, 5.74) is 7.48. The van der Waals surface area contributed by atoms with Crippen molar-refractivity contribution in [2.24, 2.45) is 11.7 Å². The molecule has 3 atom stereocenters. The monoisotopic (exact) mass is 374 g/mol. The Morgan fingerprint density at radius 3 is 2.63 bits per heavy atom. The minimum atomic E-state index is 0.0266. The number of amides is 1. The van der Waals surface area contributed by atoms with Crippen LogP contribution < -0.4 is 10.5 Å². The number of carbonyl (C=O) groups excluding carboxylic acids is 1. The summed E-state index contributed by atoms with van der Waals surface area (Å²) in [6.45, 7) is 4.47. The Labute approximate surface area is 163 Å². The normalized spacial score (nSPS) is 26.8. The Morgan fingerprint density at radius 1 is 1.19 bits per heavy atom. The first-order valence-electron chi connectivity index (χ1n) is 10.4. The van der Waals surface area contributed by atoms with Crippen molar-refractivity contribution in [3.05, 3.63) is 29.8 Å². The summed E-state index contributed by atoms with van der Waals surface area (Å²) in [4.78, 5) is 15.1. The highest BCUT2D eigenvalue weighted by molar-refractivity contribution is 5.79. The maximum Gasteiger partial charge on any atom is 0.225 e. The Bertz CT molecular complexity index is 613. The van der Waals surface area contributed by atoms with Crippen LogP contribution in [0.5, 0.6) is 5.75 Å². The molecule has 1 saturated heterocycles. The Balaban J connectivity index is 1.55. The van der Waals surface area contributed by atoms with E-state index < -0.39 is 0 Å². The molecule has 0 aromatic heterocycles. The molecule has 0 spiro atoms. The lowest BCUT2D eigenvalue weighted by atomic mass is 9.82. The van der Waals surface area contributed by atoms with Crippen molar-refractivity contribution in [2.75, 3.05) is 26.8 Å². The average Bonchev–Trinajstić information content (AvgIpc) is 2.72. The molecule has 0 unspecified atom stereocenters. The van der Waals surface area contributed by atoms with E-state index in [0.29, 0.717) is 11.8 Å². The summed E-state index contributed by atoms with van der Waals surface area (Å²) in [7, 11) is 1.72. The second-order valence-corrected chi connectivity index (χ2v) is 7.92. The van der Waals surface area contributed by atoms with E-state index >= 15 is 0 Å². The molecule has 1 aliphatic heterocycles. The molecule has 1 saturated carbocycles. The Kier molecular flexibility index (Phi) is 7.13. The molecule has 150 valence electrons. The van der Waals surface area contributed by atoms with E-state index in [1.807, 2.05) is 12.1 Å². The van der Waals surface area contributed by atoms with Gasteiger partial charge in [-0.3, -0.25) is 4.79 Å². The molecule has 27 heavy (non-hydrogen) atoms. The first-order chi connectivity index (χ1) is 13.1. The van der Waals surface area contributed by atoms with Gasteiger partial charge < -0.3 is 20.1 Å². The van der Waals surface area contributed by atoms with Crippen LogP contribution in [0.2, 0.25) is 0 Å². The largest absolute Gasteiger partial charge is 0.496 e. The second kappa shape index (κ2) is 9.56. The van der Waals surface area contributed by atoms with Crippen LogP contribution in [0, 0.1) is 5.92 Å². The van der Waals surface area contributed by atoms with Gasteiger partial charge in [-0.1, -0.05) is 25.1 Å². The summed E-state index contributed by atoms with van der Waals surface area (Å²) in [5, 5.41) is 0. The molecule has 5 heteroatoms. The van der Waals surface area contributed by atoms with Crippen molar-refractivity contribution in [3.63, 3.8) is 0 Å². The third kappa shape index (κ3) is 4.82. The number of piperidine rings is 1. The summed E-state index contributed by atoms with van der Waals surface area (Å²) in [6.07, 6.45) is 5.53. The standard InChI is InChI=1S/C22H34N2O3/c1-3-14-27-21-15-17(8-9-19(21)23)22(25)24-12-10-16(11-13-24)18-6-4-5-7-20(18)26-2/h4-7,16-17,19,21H,3,8-15,23H2,1-2H3/t17-,19-,21-/m0/s1. The van der Waals surface area contributed by atoms with Crippen LogP contribution in [0.1, 0.15) is 56.9 Å². The third-order valence-electron chi connectivity index (χ3n) is 6.11. The van der Waals surface area contributed by atoms with Gasteiger partial charge in [-0.05, 0) is 56.1 Å². The molecule has 5 nitrogen and oxygen atoms in total. The zero-order chi connectivity index (χ0) is 19.2. The van der Waals surface area contributed by atoms with Gasteiger partial charge in [0.1, 0.15) is 5.75 Å². The number of likely N-dealkylation sites (tertiary alicyclic amines) is 1. The molecule has 0 bridgehead atoms. The maximum absolute atomic E-state index is 13.1. The molecule has 1 amide bonds. The molecular weight excluding hydrogens is 340 g/mol. The SMILES string of the molecule is CCCO[C@H]1C[C@@H](C(=O)N2CCC(c3ccccc3OC)CC2)CC[C@@H]1N. The van der Waals surface area contributed by atoms with Crippen molar-refractivity contribution in [3.8, 4) is 5.75 Å². The highest BCUT2D eigenvalue weighted by Gasteiger charge is 2.36. The molecular formula is C22H34N2O3. The summed E-state index contributed by atoms with van der Waals surface area (Å²) in [6, 6.07) is 8.31. The lowest BCUT2D eigenvalue weighted by molar-refractivity contribution is -0.140. The van der Waals surface area contributed by atoms with Gasteiger partial charge in [0.15, 0.2) is 0 Å². The van der Waals surface area contributed by atoms with Gasteiger partial charge in [0.25, 0.3) is 0 Å². The van der Waals surface area contributed by atoms with Gasteiger partial charge in [-0.25, -0.2) is 0 Å². The number of para-hydroxylation sites is 1. The number of carbonyl (C=O) groups is 1. The topological polar surface area (TPSA) is 64.8 Å². The highest BCUT2D eigenvalue weighted by atomic mass is 16.5. The first-order valence-corrected chi connectivity index (χ1v) is 10.4. The lowest BCUT2D eigenvalue weighted by Gasteiger charge is -2.38. The second-order valence-electron chi connectivity index (χ2n) is 7.92. The van der Waals surface area contributed by atoms with Crippen LogP contribution >= 0.6 is 0 Å². The molecule has 1 aliphatic carbocycles. The number of hydrogen-bond acceptors (Lipinski definition) is 4. The van der Waals surface area contributed by atoms with Crippen molar-refractivity contribution >= 4 is 5.91 Å². The summed E-state index contributed by atoms with van der Waals surface area (Å²) >= 11 is 0. The fraction of sp³-hybridized carbons (Fsp3) is 0.682. The maximum atomic E-state index is 13.1. The van der Waals surface area contributed by atoms with E-state index in [9.17, 15) is 4.79 Å². The lowest BCUT2D eigenvalue weighted by Crippen LogP contribution is -2.48. The van der Waals surface area contributed by atoms with Gasteiger partial charge in [0.05, 0.1) is 13.2 Å². The predicted octanol–water partition coefficient (Wildman–Crippen LogP) is 3.32. The van der Waals surface area contributed by atoms with E-state index in [4.69, 9.17) is 15.2 Å². The third-order valence-corrected chi connectivity index (χ3v) is 6.11. The highest BCUT2D eigenvalue weighted by Crippen LogP contribution is 2.35. The Hall–Kier alpha value is -1.59. The number of methoxy groups -OCH3 is 1. The minimum absolute atomic E-state index is 0.0266. The fourth-order valence-corrected chi connectivity index (χ4v) is 4.51. The van der Waals surface area contributed by atoms with Gasteiger partial charge in [-0.2, -0.15) is 0 Å². The number of benzene rings is 1. The molecule has 2 fully saturated rings. The van der Waals surface area contributed by atoms with E-state index in [2.05, 4.69) is 24.0 Å². The van der Waals surface area contributed by atoms with E-state index in [1.54, 1.807) is 7.11 Å². The van der Waals surface area contributed by atoms with Crippen molar-refractivity contribution in [1.29, 1.82) is 0 Å². The summed E-state index contributed by atoms with van der Waals surface area (Å²) < 4.78 is 11.4. The molecule has 1 aromatic rings. The van der Waals surface area contributed by atoms with Crippen molar-refractivity contribution < 1.29 is 14.3 Å². The molecule has 2 aliphatic rings. The van der Waals surface area contributed by atoms with Crippen LogP contribution in [0.15, 0.2) is 24.3 Å². The number of hydrogen-bond donors (Lipinski definition) is 1. The van der Waals surface area contributed by atoms with E-state index in [1.165, 1.54) is 5.56 Å². The number of ether oxygens (including phenoxy) is 2. The zero-order valence-electron chi connectivity index (χ0n) is 16.7. The van der Waals surface area contributed by atoms with E-state index in [0.717, 1.165) is 64.0 Å². The molecule has 1 aromatic carbocycles. The van der Waals surface area contributed by atoms with Crippen molar-refractivity contribution in [2.45, 2.75) is 63.5 Å². The van der Waals surface area contributed by atoms with Crippen LogP contribution in [-0.2, 0) is 9.53 Å². The first kappa shape index (κ1) is 20.2. The van der Waals surface area contributed by atoms with Crippen LogP contribution in [-0.4, -0.2) is 49.8 Å². The van der Waals surface area contributed by atoms with E-state index in [-0.39, 0.29) is 18.1 Å². The van der Waals surface area contributed by atoms with Crippen LogP contribution in [0.3, 0.4) is 0 Å². The van der Waals surface area contributed by atoms with Gasteiger partial charge in [-0.15, -0.1) is 0 Å². The fourth-order valence-electron chi connectivity index (χ4n) is 4.51. The molecule has 3 rings (SSSR count). The number of rotatable bonds is 6. The van der Waals surface area contributed by atoms with Gasteiger partial charge in [0, 0.05) is 31.7 Å².